The first-order valence-electron chi connectivity index (χ1n) is 9.12. The molecule has 144 valence electrons. The minimum Gasteiger partial charge on any atom is -0.379 e. The SMILES string of the molecule is CC(=O)Nc1ccc(Nc2nc(NCCN3CCOCC3)ncc2C)cc1. The molecule has 1 aliphatic heterocycles. The molecule has 1 aromatic heterocycles. The van der Waals surface area contributed by atoms with Gasteiger partial charge in [-0.25, -0.2) is 4.98 Å². The molecule has 2 heterocycles. The van der Waals surface area contributed by atoms with Crippen molar-refractivity contribution in [3.63, 3.8) is 0 Å². The van der Waals surface area contributed by atoms with Crippen molar-refractivity contribution < 1.29 is 9.53 Å². The third-order valence-corrected chi connectivity index (χ3v) is 4.25. The molecule has 0 atom stereocenters. The van der Waals surface area contributed by atoms with Gasteiger partial charge in [0.25, 0.3) is 0 Å². The zero-order valence-corrected chi connectivity index (χ0v) is 15.8. The normalized spacial score (nSPS) is 14.6. The number of nitrogens with one attached hydrogen (secondary N) is 3. The Balaban J connectivity index is 1.56. The third kappa shape index (κ3) is 5.90. The van der Waals surface area contributed by atoms with Gasteiger partial charge in [0, 0.05) is 56.2 Å². The van der Waals surface area contributed by atoms with Gasteiger partial charge in [-0.15, -0.1) is 0 Å². The molecule has 1 aromatic carbocycles. The van der Waals surface area contributed by atoms with Crippen LogP contribution in [-0.2, 0) is 9.53 Å². The Morgan fingerprint density at radius 1 is 1.19 bits per heavy atom. The maximum atomic E-state index is 11.1. The van der Waals surface area contributed by atoms with E-state index < -0.39 is 0 Å². The van der Waals surface area contributed by atoms with E-state index in [1.807, 2.05) is 31.2 Å². The number of carbonyl (C=O) groups excluding carboxylic acids is 1. The summed E-state index contributed by atoms with van der Waals surface area (Å²) in [5.41, 5.74) is 2.61. The molecule has 3 rings (SSSR count). The van der Waals surface area contributed by atoms with Crippen molar-refractivity contribution >= 4 is 29.0 Å². The molecule has 1 amide bonds. The number of aryl methyl sites for hydroxylation is 1. The maximum Gasteiger partial charge on any atom is 0.224 e. The Labute approximate surface area is 159 Å². The standard InChI is InChI=1S/C19H26N6O2/c1-14-13-21-19(20-7-8-25-9-11-27-12-10-25)24-18(14)23-17-5-3-16(4-6-17)22-15(2)26/h3-6,13H,7-12H2,1-2H3,(H,22,26)(H2,20,21,23,24). The van der Waals surface area contributed by atoms with Crippen molar-refractivity contribution in [2.45, 2.75) is 13.8 Å². The van der Waals surface area contributed by atoms with Crippen molar-refractivity contribution in [1.82, 2.24) is 14.9 Å². The number of aromatic nitrogens is 2. The van der Waals surface area contributed by atoms with Gasteiger partial charge < -0.3 is 20.7 Å². The molecule has 1 aliphatic rings. The summed E-state index contributed by atoms with van der Waals surface area (Å²) in [6, 6.07) is 7.50. The minimum atomic E-state index is -0.0878. The minimum absolute atomic E-state index is 0.0878. The van der Waals surface area contributed by atoms with E-state index in [0.717, 1.165) is 62.1 Å². The number of hydrogen-bond acceptors (Lipinski definition) is 7. The van der Waals surface area contributed by atoms with Crippen LogP contribution >= 0.6 is 0 Å². The molecule has 0 aliphatic carbocycles. The second-order valence-corrected chi connectivity index (χ2v) is 6.49. The summed E-state index contributed by atoms with van der Waals surface area (Å²) in [5.74, 6) is 1.27. The van der Waals surface area contributed by atoms with Gasteiger partial charge in [-0.3, -0.25) is 9.69 Å². The fourth-order valence-electron chi connectivity index (χ4n) is 2.78. The van der Waals surface area contributed by atoms with Crippen LogP contribution in [0.3, 0.4) is 0 Å². The molecule has 8 heteroatoms. The lowest BCUT2D eigenvalue weighted by molar-refractivity contribution is -0.114. The largest absolute Gasteiger partial charge is 0.379 e. The van der Waals surface area contributed by atoms with E-state index in [2.05, 4.69) is 30.8 Å². The average molecular weight is 370 g/mol. The summed E-state index contributed by atoms with van der Waals surface area (Å²) in [6.07, 6.45) is 1.80. The van der Waals surface area contributed by atoms with E-state index in [9.17, 15) is 4.79 Å². The number of amides is 1. The number of rotatable bonds is 7. The highest BCUT2D eigenvalue weighted by Gasteiger charge is 2.10. The first kappa shape index (κ1) is 19.1. The lowest BCUT2D eigenvalue weighted by atomic mass is 10.2. The predicted octanol–water partition coefficient (Wildman–Crippen LogP) is 2.23. The summed E-state index contributed by atoms with van der Waals surface area (Å²) in [7, 11) is 0. The number of nitrogens with zero attached hydrogens (tertiary/aromatic N) is 3. The fraction of sp³-hybridized carbons (Fsp3) is 0.421. The van der Waals surface area contributed by atoms with Crippen LogP contribution in [0.4, 0.5) is 23.1 Å². The van der Waals surface area contributed by atoms with Crippen molar-refractivity contribution in [1.29, 1.82) is 0 Å². The maximum absolute atomic E-state index is 11.1. The van der Waals surface area contributed by atoms with Crippen molar-refractivity contribution in [3.05, 3.63) is 36.0 Å². The Morgan fingerprint density at radius 3 is 2.59 bits per heavy atom. The molecular formula is C19H26N6O2. The Hall–Kier alpha value is -2.71. The van der Waals surface area contributed by atoms with Gasteiger partial charge in [-0.1, -0.05) is 0 Å². The summed E-state index contributed by atoms with van der Waals surface area (Å²) < 4.78 is 5.36. The average Bonchev–Trinajstić information content (AvgIpc) is 2.66. The van der Waals surface area contributed by atoms with Crippen molar-refractivity contribution in [2.75, 3.05) is 55.3 Å². The highest BCUT2D eigenvalue weighted by molar-refractivity contribution is 5.88. The number of anilines is 4. The zero-order valence-electron chi connectivity index (χ0n) is 15.8. The smallest absolute Gasteiger partial charge is 0.224 e. The van der Waals surface area contributed by atoms with E-state index in [1.165, 1.54) is 6.92 Å². The molecule has 0 bridgehead atoms. The van der Waals surface area contributed by atoms with Crippen LogP contribution in [0.5, 0.6) is 0 Å². The Kier molecular flexibility index (Phi) is 6.56. The number of benzene rings is 1. The molecule has 1 fully saturated rings. The lowest BCUT2D eigenvalue weighted by Gasteiger charge is -2.26. The van der Waals surface area contributed by atoms with Gasteiger partial charge in [0.05, 0.1) is 13.2 Å². The third-order valence-electron chi connectivity index (χ3n) is 4.25. The Morgan fingerprint density at radius 2 is 1.89 bits per heavy atom. The molecule has 3 N–H and O–H groups in total. The van der Waals surface area contributed by atoms with E-state index in [0.29, 0.717) is 5.95 Å². The van der Waals surface area contributed by atoms with Gasteiger partial charge in [0.1, 0.15) is 5.82 Å². The van der Waals surface area contributed by atoms with Gasteiger partial charge in [-0.05, 0) is 31.2 Å². The topological polar surface area (TPSA) is 91.4 Å². The monoisotopic (exact) mass is 370 g/mol. The van der Waals surface area contributed by atoms with Crippen molar-refractivity contribution in [2.24, 2.45) is 0 Å². The van der Waals surface area contributed by atoms with Crippen LogP contribution in [0.1, 0.15) is 12.5 Å². The highest BCUT2D eigenvalue weighted by atomic mass is 16.5. The van der Waals surface area contributed by atoms with E-state index in [1.54, 1.807) is 6.20 Å². The second kappa shape index (κ2) is 9.29. The van der Waals surface area contributed by atoms with Crippen LogP contribution in [-0.4, -0.2) is 60.2 Å². The van der Waals surface area contributed by atoms with Crippen LogP contribution < -0.4 is 16.0 Å². The summed E-state index contributed by atoms with van der Waals surface area (Å²) in [5, 5.41) is 9.34. The molecule has 0 unspecified atom stereocenters. The first-order valence-corrected chi connectivity index (χ1v) is 9.12. The second-order valence-electron chi connectivity index (χ2n) is 6.49. The predicted molar refractivity (Wildman–Crippen MR) is 107 cm³/mol. The lowest BCUT2D eigenvalue weighted by Crippen LogP contribution is -2.39. The summed E-state index contributed by atoms with van der Waals surface area (Å²) >= 11 is 0. The molecule has 27 heavy (non-hydrogen) atoms. The summed E-state index contributed by atoms with van der Waals surface area (Å²) in [4.78, 5) is 22.4. The van der Waals surface area contributed by atoms with Gasteiger partial charge in [0.2, 0.25) is 11.9 Å². The Bertz CT molecular complexity index is 759. The van der Waals surface area contributed by atoms with Crippen LogP contribution in [0.2, 0.25) is 0 Å². The quantitative estimate of drug-likeness (QED) is 0.688. The van der Waals surface area contributed by atoms with Gasteiger partial charge >= 0.3 is 0 Å². The van der Waals surface area contributed by atoms with E-state index >= 15 is 0 Å². The molecule has 0 spiro atoms. The molecule has 0 saturated carbocycles. The number of morpholine rings is 1. The fourth-order valence-corrected chi connectivity index (χ4v) is 2.78. The molecule has 8 nitrogen and oxygen atoms in total. The van der Waals surface area contributed by atoms with E-state index in [4.69, 9.17) is 4.74 Å². The van der Waals surface area contributed by atoms with Crippen LogP contribution in [0.15, 0.2) is 30.5 Å². The number of hydrogen-bond donors (Lipinski definition) is 3. The molecule has 1 saturated heterocycles. The van der Waals surface area contributed by atoms with Crippen LogP contribution in [0, 0.1) is 6.92 Å². The highest BCUT2D eigenvalue weighted by Crippen LogP contribution is 2.20. The molecular weight excluding hydrogens is 344 g/mol. The van der Waals surface area contributed by atoms with E-state index in [-0.39, 0.29) is 5.91 Å². The molecule has 0 radical (unpaired) electrons. The first-order chi connectivity index (χ1) is 13.1. The van der Waals surface area contributed by atoms with Gasteiger partial charge in [0.15, 0.2) is 0 Å². The number of carbonyl (C=O) groups is 1. The zero-order chi connectivity index (χ0) is 19.1. The number of ether oxygens (including phenoxy) is 1. The summed E-state index contributed by atoms with van der Waals surface area (Å²) in [6.45, 7) is 8.72. The molecule has 2 aromatic rings. The van der Waals surface area contributed by atoms with Crippen molar-refractivity contribution in [3.8, 4) is 0 Å². The van der Waals surface area contributed by atoms with Gasteiger partial charge in [-0.2, -0.15) is 4.98 Å². The van der Waals surface area contributed by atoms with Crippen LogP contribution in [0.25, 0.3) is 0 Å².